The standard InChI is InChI=1S/C13H12O3Se2/c1-2-10(12(15)16)17-13-9(7-14)8-5-3-4-6-11(8)18-13/h3-7,10H,2H2,1H3,(H,15,16). The Morgan fingerprint density at radius 2 is 2.22 bits per heavy atom. The van der Waals surface area contributed by atoms with Crippen LogP contribution in [0.3, 0.4) is 0 Å². The maximum atomic E-state index is 11.2. The van der Waals surface area contributed by atoms with Crippen LogP contribution in [0, 0.1) is 0 Å². The topological polar surface area (TPSA) is 54.4 Å². The van der Waals surface area contributed by atoms with E-state index in [0.29, 0.717) is 6.42 Å². The van der Waals surface area contributed by atoms with Crippen molar-refractivity contribution in [2.75, 3.05) is 0 Å². The molecule has 0 aliphatic carbocycles. The number of hydrogen-bond donors (Lipinski definition) is 1. The van der Waals surface area contributed by atoms with Gasteiger partial charge in [-0.2, -0.15) is 0 Å². The predicted molar refractivity (Wildman–Crippen MR) is 73.3 cm³/mol. The Balaban J connectivity index is 2.44. The first kappa shape index (κ1) is 13.6. The SMILES string of the molecule is CCC([Se]c1[se]c2ccccc2c1C=O)C(=O)O. The van der Waals surface area contributed by atoms with Crippen molar-refractivity contribution >= 4 is 54.7 Å². The van der Waals surface area contributed by atoms with Crippen LogP contribution >= 0.6 is 0 Å². The zero-order chi connectivity index (χ0) is 13.1. The van der Waals surface area contributed by atoms with E-state index in [4.69, 9.17) is 5.11 Å². The molecule has 1 N–H and O–H groups in total. The number of carboxylic acid groups (broad SMARTS) is 1. The third-order valence-electron chi connectivity index (χ3n) is 2.61. The molecule has 0 bridgehead atoms. The zero-order valence-corrected chi connectivity index (χ0v) is 13.2. The summed E-state index contributed by atoms with van der Waals surface area (Å²) in [6.45, 7) is 1.89. The average molecular weight is 374 g/mol. The fraction of sp³-hybridized carbons (Fsp3) is 0.231. The summed E-state index contributed by atoms with van der Waals surface area (Å²) in [5.41, 5.74) is 0.741. The van der Waals surface area contributed by atoms with Gasteiger partial charge in [0.25, 0.3) is 0 Å². The monoisotopic (exact) mass is 376 g/mol. The van der Waals surface area contributed by atoms with E-state index in [1.54, 1.807) is 0 Å². The molecule has 1 aromatic heterocycles. The molecule has 0 saturated heterocycles. The number of carbonyl (C=O) groups is 2. The third-order valence-corrected chi connectivity index (χ3v) is 9.26. The molecule has 0 saturated carbocycles. The molecule has 1 unspecified atom stereocenters. The van der Waals surface area contributed by atoms with E-state index in [0.717, 1.165) is 20.6 Å². The number of carbonyl (C=O) groups excluding carboxylic acids is 1. The Hall–Kier alpha value is -0.861. The number of aldehydes is 1. The van der Waals surface area contributed by atoms with Crippen molar-refractivity contribution in [1.82, 2.24) is 0 Å². The first-order valence-corrected chi connectivity index (χ1v) is 9.09. The number of benzene rings is 1. The van der Waals surface area contributed by atoms with Gasteiger partial charge in [0.1, 0.15) is 0 Å². The second kappa shape index (κ2) is 5.85. The number of fused-ring (bicyclic) bond motifs is 1. The van der Waals surface area contributed by atoms with Gasteiger partial charge in [-0.3, -0.25) is 0 Å². The van der Waals surface area contributed by atoms with Gasteiger partial charge in [-0.05, 0) is 0 Å². The van der Waals surface area contributed by atoms with Crippen LogP contribution in [0.15, 0.2) is 24.3 Å². The van der Waals surface area contributed by atoms with Gasteiger partial charge in [0.05, 0.1) is 0 Å². The quantitative estimate of drug-likeness (QED) is 0.635. The number of hydrogen-bond acceptors (Lipinski definition) is 2. The summed E-state index contributed by atoms with van der Waals surface area (Å²) in [5.74, 6) is -0.748. The van der Waals surface area contributed by atoms with Gasteiger partial charge in [-0.1, -0.05) is 0 Å². The van der Waals surface area contributed by atoms with Crippen LogP contribution in [-0.2, 0) is 4.79 Å². The van der Waals surface area contributed by atoms with Crippen molar-refractivity contribution in [2.24, 2.45) is 0 Å². The molecule has 0 aliphatic rings. The summed E-state index contributed by atoms with van der Waals surface area (Å²) in [6, 6.07) is 7.87. The summed E-state index contributed by atoms with van der Waals surface area (Å²) >= 11 is -0.00838. The van der Waals surface area contributed by atoms with Crippen LogP contribution < -0.4 is 3.34 Å². The summed E-state index contributed by atoms with van der Waals surface area (Å²) in [4.78, 5) is 22.0. The Morgan fingerprint density at radius 3 is 2.83 bits per heavy atom. The van der Waals surface area contributed by atoms with Crippen LogP contribution in [-0.4, -0.2) is 46.8 Å². The van der Waals surface area contributed by atoms with Crippen LogP contribution in [0.5, 0.6) is 0 Å². The van der Waals surface area contributed by atoms with Gasteiger partial charge in [-0.25, -0.2) is 0 Å². The van der Waals surface area contributed by atoms with E-state index >= 15 is 0 Å². The van der Waals surface area contributed by atoms with Crippen LogP contribution in [0.25, 0.3) is 9.65 Å². The van der Waals surface area contributed by atoms with E-state index < -0.39 is 5.97 Å². The van der Waals surface area contributed by atoms with Gasteiger partial charge in [0, 0.05) is 0 Å². The molecule has 0 fully saturated rings. The van der Waals surface area contributed by atoms with E-state index in [1.807, 2.05) is 31.2 Å². The first-order valence-electron chi connectivity index (χ1n) is 5.53. The zero-order valence-electron chi connectivity index (χ0n) is 9.75. The van der Waals surface area contributed by atoms with Gasteiger partial charge in [-0.15, -0.1) is 0 Å². The van der Waals surface area contributed by atoms with E-state index in [-0.39, 0.29) is 34.3 Å². The second-order valence-corrected chi connectivity index (χ2v) is 9.83. The summed E-state index contributed by atoms with van der Waals surface area (Å²) in [6.07, 6.45) is 1.51. The number of carboxylic acids is 1. The molecule has 2 rings (SSSR count). The van der Waals surface area contributed by atoms with Gasteiger partial charge < -0.3 is 0 Å². The van der Waals surface area contributed by atoms with Crippen LogP contribution in [0.4, 0.5) is 0 Å². The van der Waals surface area contributed by atoms with Crippen molar-refractivity contribution in [1.29, 1.82) is 0 Å². The summed E-state index contributed by atoms with van der Waals surface area (Å²) in [7, 11) is 0. The molecule has 1 aromatic carbocycles. The fourth-order valence-electron chi connectivity index (χ4n) is 1.68. The number of rotatable bonds is 5. The van der Waals surface area contributed by atoms with Crippen molar-refractivity contribution in [2.45, 2.75) is 18.2 Å². The fourth-order valence-corrected chi connectivity index (χ4v) is 8.14. The van der Waals surface area contributed by atoms with Crippen molar-refractivity contribution in [3.8, 4) is 0 Å². The second-order valence-electron chi connectivity index (χ2n) is 3.77. The molecular weight excluding hydrogens is 362 g/mol. The van der Waals surface area contributed by atoms with Gasteiger partial charge >= 0.3 is 117 Å². The molecule has 0 aliphatic heterocycles. The average Bonchev–Trinajstić information content (AvgIpc) is 2.72. The Bertz CT molecular complexity index is 589. The molecular formula is C13H12O3Se2. The molecule has 5 heteroatoms. The van der Waals surface area contributed by atoms with E-state index in [9.17, 15) is 9.59 Å². The Morgan fingerprint density at radius 1 is 1.50 bits per heavy atom. The van der Waals surface area contributed by atoms with Gasteiger partial charge in [0.2, 0.25) is 0 Å². The molecule has 1 heterocycles. The number of aliphatic carboxylic acids is 1. The first-order chi connectivity index (χ1) is 8.67. The predicted octanol–water partition coefficient (Wildman–Crippen LogP) is 1.32. The van der Waals surface area contributed by atoms with Crippen LogP contribution in [0.2, 0.25) is 4.82 Å². The molecule has 2 aromatic rings. The Kier molecular flexibility index (Phi) is 4.41. The molecule has 0 spiro atoms. The molecule has 3 nitrogen and oxygen atoms in total. The maximum absolute atomic E-state index is 11.2. The Labute approximate surface area is 117 Å². The minimum atomic E-state index is -0.748. The van der Waals surface area contributed by atoms with Crippen molar-refractivity contribution < 1.29 is 14.7 Å². The van der Waals surface area contributed by atoms with Crippen molar-refractivity contribution in [3.05, 3.63) is 29.8 Å². The normalized spacial score (nSPS) is 12.5. The van der Waals surface area contributed by atoms with Gasteiger partial charge in [0.15, 0.2) is 0 Å². The van der Waals surface area contributed by atoms with E-state index in [1.165, 1.54) is 4.26 Å². The summed E-state index contributed by atoms with van der Waals surface area (Å²) < 4.78 is 2.28. The van der Waals surface area contributed by atoms with E-state index in [2.05, 4.69) is 0 Å². The molecule has 0 amide bonds. The summed E-state index contributed by atoms with van der Waals surface area (Å²) in [5, 5.41) is 10.1. The molecule has 18 heavy (non-hydrogen) atoms. The molecule has 1 atom stereocenters. The molecule has 94 valence electrons. The van der Waals surface area contributed by atoms with Crippen LogP contribution in [0.1, 0.15) is 23.7 Å². The minimum absolute atomic E-state index is 0.121. The molecule has 0 radical (unpaired) electrons. The third kappa shape index (κ3) is 2.60. The van der Waals surface area contributed by atoms with Crippen molar-refractivity contribution in [3.63, 3.8) is 0 Å².